The number of carboxylic acid groups (broad SMARTS) is 1. The van der Waals surface area contributed by atoms with E-state index >= 15 is 0 Å². The van der Waals surface area contributed by atoms with Gasteiger partial charge in [0.2, 0.25) is 5.91 Å². The summed E-state index contributed by atoms with van der Waals surface area (Å²) in [6.07, 6.45) is 0. The van der Waals surface area contributed by atoms with E-state index in [-0.39, 0.29) is 5.91 Å². The molecule has 0 aromatic carbocycles. The summed E-state index contributed by atoms with van der Waals surface area (Å²) in [6.45, 7) is 5.28. The zero-order valence-electron chi connectivity index (χ0n) is 7.97. The summed E-state index contributed by atoms with van der Waals surface area (Å²) in [7, 11) is 0. The summed E-state index contributed by atoms with van der Waals surface area (Å²) in [5.41, 5.74) is -0.510. The van der Waals surface area contributed by atoms with Gasteiger partial charge >= 0.3 is 5.97 Å². The molecule has 0 atom stereocenters. The largest absolute Gasteiger partial charge is 0.472 e. The molecule has 0 aromatic rings. The molecule has 0 radical (unpaired) electrons. The summed E-state index contributed by atoms with van der Waals surface area (Å²) in [5, 5.41) is 10.9. The number of carbonyl (C=O) groups excluding carboxylic acids is 1. The van der Waals surface area contributed by atoms with Crippen LogP contribution in [0.5, 0.6) is 0 Å². The first-order chi connectivity index (χ1) is 5.83. The molecule has 0 bridgehead atoms. The standard InChI is InChI=1S/C9H13NO3/c1-7(11)10-6-9(2,3)5-4-8(12)13/h6H2,1-3H3,(H,10,11)(H,12,13). The SMILES string of the molecule is CC(=O)NCC(C)(C)C#CC(=O)O. The quantitative estimate of drug-likeness (QED) is 0.602. The average molecular weight is 183 g/mol. The van der Waals surface area contributed by atoms with Gasteiger partial charge in [-0.15, -0.1) is 0 Å². The molecule has 0 heterocycles. The van der Waals surface area contributed by atoms with Crippen molar-refractivity contribution >= 4 is 11.9 Å². The fraction of sp³-hybridized carbons (Fsp3) is 0.556. The zero-order valence-corrected chi connectivity index (χ0v) is 7.97. The van der Waals surface area contributed by atoms with Crippen molar-refractivity contribution in [3.8, 4) is 11.8 Å². The fourth-order valence-electron chi connectivity index (χ4n) is 0.612. The van der Waals surface area contributed by atoms with Gasteiger partial charge in [-0.2, -0.15) is 0 Å². The van der Waals surface area contributed by atoms with Gasteiger partial charge < -0.3 is 10.4 Å². The maximum atomic E-state index is 10.6. The van der Waals surface area contributed by atoms with Gasteiger partial charge in [0.15, 0.2) is 0 Å². The van der Waals surface area contributed by atoms with Crippen molar-refractivity contribution in [1.82, 2.24) is 5.32 Å². The Labute approximate surface area is 77.3 Å². The van der Waals surface area contributed by atoms with Crippen LogP contribution in [0.2, 0.25) is 0 Å². The van der Waals surface area contributed by atoms with Crippen molar-refractivity contribution < 1.29 is 14.7 Å². The number of hydrogen-bond acceptors (Lipinski definition) is 2. The van der Waals surface area contributed by atoms with Crippen LogP contribution in [0.1, 0.15) is 20.8 Å². The molecule has 0 rings (SSSR count). The Morgan fingerprint density at radius 2 is 2.00 bits per heavy atom. The van der Waals surface area contributed by atoms with E-state index in [0.717, 1.165) is 0 Å². The molecule has 0 spiro atoms. The Hall–Kier alpha value is -1.50. The second kappa shape index (κ2) is 4.51. The molecule has 2 N–H and O–H groups in total. The molecule has 0 saturated heterocycles. The van der Waals surface area contributed by atoms with Crippen LogP contribution < -0.4 is 5.32 Å². The highest BCUT2D eigenvalue weighted by Gasteiger charge is 2.14. The average Bonchev–Trinajstić information content (AvgIpc) is 1.98. The number of hydrogen-bond donors (Lipinski definition) is 2. The summed E-state index contributed by atoms with van der Waals surface area (Å²) >= 11 is 0. The summed E-state index contributed by atoms with van der Waals surface area (Å²) in [4.78, 5) is 20.7. The van der Waals surface area contributed by atoms with E-state index < -0.39 is 11.4 Å². The van der Waals surface area contributed by atoms with Gasteiger partial charge in [0.25, 0.3) is 0 Å². The predicted molar refractivity (Wildman–Crippen MR) is 47.9 cm³/mol. The Kier molecular flexibility index (Phi) is 3.99. The van der Waals surface area contributed by atoms with Crippen LogP contribution >= 0.6 is 0 Å². The number of nitrogens with one attached hydrogen (secondary N) is 1. The number of carbonyl (C=O) groups is 2. The van der Waals surface area contributed by atoms with E-state index in [2.05, 4.69) is 11.2 Å². The summed E-state index contributed by atoms with van der Waals surface area (Å²) in [5.74, 6) is 3.27. The third-order valence-electron chi connectivity index (χ3n) is 1.29. The Morgan fingerprint density at radius 3 is 2.38 bits per heavy atom. The van der Waals surface area contributed by atoms with Crippen molar-refractivity contribution in [2.45, 2.75) is 20.8 Å². The van der Waals surface area contributed by atoms with Gasteiger partial charge in [-0.25, -0.2) is 4.79 Å². The second-order valence-corrected chi connectivity index (χ2v) is 3.35. The van der Waals surface area contributed by atoms with Crippen molar-refractivity contribution in [3.63, 3.8) is 0 Å². The fourth-order valence-corrected chi connectivity index (χ4v) is 0.612. The van der Waals surface area contributed by atoms with E-state index in [1.165, 1.54) is 6.92 Å². The first kappa shape index (κ1) is 11.5. The molecular weight excluding hydrogens is 170 g/mol. The van der Waals surface area contributed by atoms with Crippen LogP contribution in [-0.2, 0) is 9.59 Å². The lowest BCUT2D eigenvalue weighted by Gasteiger charge is -2.16. The molecule has 0 aliphatic rings. The van der Waals surface area contributed by atoms with E-state index in [1.54, 1.807) is 13.8 Å². The maximum absolute atomic E-state index is 10.6. The van der Waals surface area contributed by atoms with Gasteiger partial charge in [0.05, 0.1) is 0 Å². The van der Waals surface area contributed by atoms with Crippen LogP contribution in [0.25, 0.3) is 0 Å². The van der Waals surface area contributed by atoms with Crippen molar-refractivity contribution in [2.75, 3.05) is 6.54 Å². The highest BCUT2D eigenvalue weighted by molar-refractivity contribution is 5.86. The second-order valence-electron chi connectivity index (χ2n) is 3.35. The number of aliphatic carboxylic acids is 1. The smallest absolute Gasteiger partial charge is 0.381 e. The number of carboxylic acids is 1. The molecule has 0 aliphatic heterocycles. The molecular formula is C9H13NO3. The molecule has 0 aromatic heterocycles. The highest BCUT2D eigenvalue weighted by Crippen LogP contribution is 2.10. The molecule has 13 heavy (non-hydrogen) atoms. The van der Waals surface area contributed by atoms with Crippen LogP contribution in [0.4, 0.5) is 0 Å². The molecule has 0 fully saturated rings. The molecule has 0 aliphatic carbocycles. The van der Waals surface area contributed by atoms with Gasteiger partial charge in [0.1, 0.15) is 0 Å². The van der Waals surface area contributed by atoms with Crippen LogP contribution in [0.15, 0.2) is 0 Å². The molecule has 0 saturated carbocycles. The molecule has 0 unspecified atom stereocenters. The minimum absolute atomic E-state index is 0.148. The van der Waals surface area contributed by atoms with Gasteiger partial charge in [-0.1, -0.05) is 5.92 Å². The summed E-state index contributed by atoms with van der Waals surface area (Å²) < 4.78 is 0. The van der Waals surface area contributed by atoms with Gasteiger partial charge in [-0.3, -0.25) is 4.79 Å². The first-order valence-corrected chi connectivity index (χ1v) is 3.84. The first-order valence-electron chi connectivity index (χ1n) is 3.84. The van der Waals surface area contributed by atoms with Crippen molar-refractivity contribution in [1.29, 1.82) is 0 Å². The van der Waals surface area contributed by atoms with E-state index in [1.807, 2.05) is 5.92 Å². The third kappa shape index (κ3) is 6.88. The predicted octanol–water partition coefficient (Wildman–Crippen LogP) is 0.237. The monoisotopic (exact) mass is 183 g/mol. The Morgan fingerprint density at radius 1 is 1.46 bits per heavy atom. The number of rotatable bonds is 2. The number of amides is 1. The highest BCUT2D eigenvalue weighted by atomic mass is 16.4. The third-order valence-corrected chi connectivity index (χ3v) is 1.29. The minimum atomic E-state index is -1.16. The van der Waals surface area contributed by atoms with Gasteiger partial charge in [0, 0.05) is 24.8 Å². The molecule has 72 valence electrons. The van der Waals surface area contributed by atoms with E-state index in [9.17, 15) is 9.59 Å². The zero-order chi connectivity index (χ0) is 10.5. The van der Waals surface area contributed by atoms with Crippen LogP contribution in [0.3, 0.4) is 0 Å². The van der Waals surface area contributed by atoms with E-state index in [0.29, 0.717) is 6.54 Å². The van der Waals surface area contributed by atoms with Crippen molar-refractivity contribution in [3.05, 3.63) is 0 Å². The van der Waals surface area contributed by atoms with Crippen LogP contribution in [0, 0.1) is 17.3 Å². The lowest BCUT2D eigenvalue weighted by atomic mass is 9.94. The van der Waals surface area contributed by atoms with Crippen LogP contribution in [-0.4, -0.2) is 23.5 Å². The normalized spacial score (nSPS) is 9.77. The van der Waals surface area contributed by atoms with Crippen molar-refractivity contribution in [2.24, 2.45) is 5.41 Å². The Bertz CT molecular complexity index is 270. The minimum Gasteiger partial charge on any atom is -0.472 e. The Balaban J connectivity index is 4.18. The molecule has 4 nitrogen and oxygen atoms in total. The lowest BCUT2D eigenvalue weighted by Crippen LogP contribution is -2.31. The molecule has 4 heteroatoms. The van der Waals surface area contributed by atoms with E-state index in [4.69, 9.17) is 5.11 Å². The maximum Gasteiger partial charge on any atom is 0.381 e. The summed E-state index contributed by atoms with van der Waals surface area (Å²) in [6, 6.07) is 0. The molecule has 1 amide bonds. The topological polar surface area (TPSA) is 66.4 Å². The van der Waals surface area contributed by atoms with Gasteiger partial charge in [-0.05, 0) is 13.8 Å². The lowest BCUT2D eigenvalue weighted by molar-refractivity contribution is -0.130.